The van der Waals surface area contributed by atoms with Crippen LogP contribution in [0, 0.1) is 0 Å². The van der Waals surface area contributed by atoms with Crippen molar-refractivity contribution in [3.63, 3.8) is 0 Å². The topological polar surface area (TPSA) is 37.4 Å². The zero-order chi connectivity index (χ0) is 13.7. The van der Waals surface area contributed by atoms with Gasteiger partial charge in [0, 0.05) is 37.8 Å². The lowest BCUT2D eigenvalue weighted by atomic mass is 9.95. The number of methoxy groups -OCH3 is 1. The summed E-state index contributed by atoms with van der Waals surface area (Å²) in [7, 11) is 1.81. The molecule has 2 heterocycles. The Morgan fingerprint density at radius 2 is 2.42 bits per heavy atom. The highest BCUT2D eigenvalue weighted by Crippen LogP contribution is 2.30. The van der Waals surface area contributed by atoms with Crippen LogP contribution in [0.1, 0.15) is 38.0 Å². The lowest BCUT2D eigenvalue weighted by Crippen LogP contribution is -2.47. The summed E-state index contributed by atoms with van der Waals surface area (Å²) in [4.78, 5) is 8.24. The van der Waals surface area contributed by atoms with Crippen LogP contribution in [0.2, 0.25) is 0 Å². The van der Waals surface area contributed by atoms with Crippen molar-refractivity contribution in [2.45, 2.75) is 45.3 Å². The second-order valence-electron chi connectivity index (χ2n) is 5.47. The van der Waals surface area contributed by atoms with E-state index in [1.54, 1.807) is 11.3 Å². The van der Waals surface area contributed by atoms with Gasteiger partial charge in [0.05, 0.1) is 5.60 Å². The van der Waals surface area contributed by atoms with Gasteiger partial charge in [-0.1, -0.05) is 6.92 Å². The first kappa shape index (κ1) is 14.8. The maximum absolute atomic E-state index is 5.64. The van der Waals surface area contributed by atoms with Gasteiger partial charge in [-0.2, -0.15) is 0 Å². The summed E-state index contributed by atoms with van der Waals surface area (Å²) in [5.41, 5.74) is -0.0233. The maximum atomic E-state index is 5.64. The van der Waals surface area contributed by atoms with Crippen molar-refractivity contribution in [1.29, 1.82) is 0 Å². The van der Waals surface area contributed by atoms with E-state index in [0.29, 0.717) is 0 Å². The van der Waals surface area contributed by atoms with Crippen LogP contribution in [0.15, 0.2) is 6.20 Å². The van der Waals surface area contributed by atoms with Gasteiger partial charge in [0.25, 0.3) is 0 Å². The molecule has 0 saturated carbocycles. The number of rotatable bonds is 6. The van der Waals surface area contributed by atoms with Crippen LogP contribution >= 0.6 is 11.3 Å². The molecular formula is C14H25N3OS. The van der Waals surface area contributed by atoms with Crippen LogP contribution in [0.4, 0.5) is 5.13 Å². The number of aromatic nitrogens is 1. The summed E-state index contributed by atoms with van der Waals surface area (Å²) in [6.07, 6.45) is 5.48. The van der Waals surface area contributed by atoms with Crippen LogP contribution < -0.4 is 10.2 Å². The molecule has 1 fully saturated rings. The quantitative estimate of drug-likeness (QED) is 0.815. The molecule has 1 aliphatic rings. The normalized spacial score (nSPS) is 23.8. The first-order chi connectivity index (χ1) is 9.17. The van der Waals surface area contributed by atoms with Crippen molar-refractivity contribution in [3.8, 4) is 0 Å². The Bertz CT molecular complexity index is 396. The number of hydrogen-bond acceptors (Lipinski definition) is 5. The Balaban J connectivity index is 1.94. The van der Waals surface area contributed by atoms with Gasteiger partial charge in [0.2, 0.25) is 0 Å². The molecule has 1 N–H and O–H groups in total. The fourth-order valence-corrected chi connectivity index (χ4v) is 3.35. The molecule has 0 bridgehead atoms. The molecule has 1 aliphatic heterocycles. The molecule has 0 aliphatic carbocycles. The molecule has 19 heavy (non-hydrogen) atoms. The lowest BCUT2D eigenvalue weighted by Gasteiger charge is -2.39. The minimum absolute atomic E-state index is 0.0233. The van der Waals surface area contributed by atoms with E-state index in [-0.39, 0.29) is 5.60 Å². The maximum Gasteiger partial charge on any atom is 0.185 e. The molecule has 108 valence electrons. The minimum Gasteiger partial charge on any atom is -0.377 e. The first-order valence-electron chi connectivity index (χ1n) is 7.12. The van der Waals surface area contributed by atoms with Crippen molar-refractivity contribution in [1.82, 2.24) is 10.3 Å². The number of hydrogen-bond donors (Lipinski definition) is 1. The molecular weight excluding hydrogens is 258 g/mol. The molecule has 1 atom stereocenters. The Morgan fingerprint density at radius 3 is 3.16 bits per heavy atom. The van der Waals surface area contributed by atoms with E-state index in [0.717, 1.165) is 37.7 Å². The van der Waals surface area contributed by atoms with Crippen molar-refractivity contribution in [2.75, 3.05) is 31.6 Å². The van der Waals surface area contributed by atoms with Gasteiger partial charge in [0.1, 0.15) is 0 Å². The van der Waals surface area contributed by atoms with E-state index in [1.165, 1.54) is 17.7 Å². The van der Waals surface area contributed by atoms with Gasteiger partial charge in [-0.15, -0.1) is 11.3 Å². The molecule has 1 unspecified atom stereocenters. The van der Waals surface area contributed by atoms with Crippen molar-refractivity contribution >= 4 is 16.5 Å². The van der Waals surface area contributed by atoms with E-state index >= 15 is 0 Å². The molecule has 2 rings (SSSR count). The number of piperidine rings is 1. The SMILES string of the molecule is CCCNCc1cnc(N2CCCC(C)(OC)C2)s1. The third kappa shape index (κ3) is 3.91. The van der Waals surface area contributed by atoms with Gasteiger partial charge >= 0.3 is 0 Å². The molecule has 1 saturated heterocycles. The molecule has 1 aromatic heterocycles. The summed E-state index contributed by atoms with van der Waals surface area (Å²) in [6.45, 7) is 8.41. The van der Waals surface area contributed by atoms with Crippen molar-refractivity contribution < 1.29 is 4.74 Å². The van der Waals surface area contributed by atoms with Gasteiger partial charge in [-0.25, -0.2) is 4.98 Å². The van der Waals surface area contributed by atoms with E-state index in [4.69, 9.17) is 4.74 Å². The number of anilines is 1. The molecule has 1 aromatic rings. The summed E-state index contributed by atoms with van der Waals surface area (Å²) in [6, 6.07) is 0. The lowest BCUT2D eigenvalue weighted by molar-refractivity contribution is -0.00466. The highest BCUT2D eigenvalue weighted by molar-refractivity contribution is 7.15. The number of nitrogens with zero attached hydrogens (tertiary/aromatic N) is 2. The predicted molar refractivity (Wildman–Crippen MR) is 81.0 cm³/mol. The largest absolute Gasteiger partial charge is 0.377 e. The summed E-state index contributed by atoms with van der Waals surface area (Å²) >= 11 is 1.80. The summed E-state index contributed by atoms with van der Waals surface area (Å²) < 4.78 is 5.64. The second-order valence-corrected chi connectivity index (χ2v) is 6.56. The monoisotopic (exact) mass is 283 g/mol. The average molecular weight is 283 g/mol. The molecule has 0 amide bonds. The van der Waals surface area contributed by atoms with E-state index < -0.39 is 0 Å². The van der Waals surface area contributed by atoms with Crippen LogP contribution in [0.5, 0.6) is 0 Å². The van der Waals surface area contributed by atoms with Crippen molar-refractivity contribution in [3.05, 3.63) is 11.1 Å². The van der Waals surface area contributed by atoms with Gasteiger partial charge < -0.3 is 15.0 Å². The summed E-state index contributed by atoms with van der Waals surface area (Å²) in [5, 5.41) is 4.56. The molecule has 0 radical (unpaired) electrons. The first-order valence-corrected chi connectivity index (χ1v) is 7.94. The zero-order valence-corrected chi connectivity index (χ0v) is 13.1. The Labute approximate surface area is 120 Å². The Morgan fingerprint density at radius 1 is 1.58 bits per heavy atom. The molecule has 0 aromatic carbocycles. The van der Waals surface area contributed by atoms with Crippen LogP contribution in [0.25, 0.3) is 0 Å². The minimum atomic E-state index is -0.0233. The molecule has 0 spiro atoms. The smallest absolute Gasteiger partial charge is 0.185 e. The van der Waals surface area contributed by atoms with Gasteiger partial charge in [-0.3, -0.25) is 0 Å². The van der Waals surface area contributed by atoms with E-state index in [9.17, 15) is 0 Å². The number of ether oxygens (including phenoxy) is 1. The number of thiazole rings is 1. The Kier molecular flexibility index (Phi) is 5.19. The third-order valence-electron chi connectivity index (χ3n) is 3.69. The second kappa shape index (κ2) is 6.68. The van der Waals surface area contributed by atoms with Crippen LogP contribution in [-0.4, -0.2) is 37.3 Å². The van der Waals surface area contributed by atoms with Gasteiger partial charge in [0.15, 0.2) is 5.13 Å². The third-order valence-corrected chi connectivity index (χ3v) is 4.75. The highest BCUT2D eigenvalue weighted by atomic mass is 32.1. The standard InChI is InChI=1S/C14H25N3OS/c1-4-7-15-9-12-10-16-13(19-12)17-8-5-6-14(2,11-17)18-3/h10,15H,4-9,11H2,1-3H3. The highest BCUT2D eigenvalue weighted by Gasteiger charge is 2.31. The Hall–Kier alpha value is -0.650. The fourth-order valence-electron chi connectivity index (χ4n) is 2.45. The van der Waals surface area contributed by atoms with Crippen molar-refractivity contribution in [2.24, 2.45) is 0 Å². The summed E-state index contributed by atoms with van der Waals surface area (Å²) in [5.74, 6) is 0. The fraction of sp³-hybridized carbons (Fsp3) is 0.786. The average Bonchev–Trinajstić information content (AvgIpc) is 2.88. The van der Waals surface area contributed by atoms with E-state index in [2.05, 4.69) is 29.0 Å². The zero-order valence-electron chi connectivity index (χ0n) is 12.2. The predicted octanol–water partition coefficient (Wildman–Crippen LogP) is 2.65. The van der Waals surface area contributed by atoms with E-state index in [1.807, 2.05) is 13.3 Å². The van der Waals surface area contributed by atoms with Crippen LogP contribution in [0.3, 0.4) is 0 Å². The molecule has 4 nitrogen and oxygen atoms in total. The molecule has 5 heteroatoms. The van der Waals surface area contributed by atoms with Crippen LogP contribution in [-0.2, 0) is 11.3 Å². The number of nitrogens with one attached hydrogen (secondary N) is 1. The van der Waals surface area contributed by atoms with Gasteiger partial charge in [-0.05, 0) is 32.7 Å².